The zero-order chi connectivity index (χ0) is 25.5. The molecule has 0 N–H and O–H groups in total. The lowest BCUT2D eigenvalue weighted by atomic mass is 9.69. The molecule has 0 radical (unpaired) electrons. The van der Waals surface area contributed by atoms with Crippen LogP contribution < -0.4 is 0 Å². The monoisotopic (exact) mass is 468 g/mol. The van der Waals surface area contributed by atoms with Crippen LogP contribution in [-0.4, -0.2) is 42.3 Å². The summed E-state index contributed by atoms with van der Waals surface area (Å²) in [7, 11) is 3.18. The van der Waals surface area contributed by atoms with Crippen LogP contribution in [0.2, 0.25) is 0 Å². The minimum atomic E-state index is -0.400. The van der Waals surface area contributed by atoms with Crippen LogP contribution >= 0.6 is 0 Å². The molecule has 0 bridgehead atoms. The molecule has 6 heteroatoms. The van der Waals surface area contributed by atoms with Gasteiger partial charge in [0, 0.05) is 12.6 Å². The normalized spacial score (nSPS) is 22.7. The van der Waals surface area contributed by atoms with Gasteiger partial charge in [0.15, 0.2) is 0 Å². The Morgan fingerprint density at radius 2 is 1.79 bits per heavy atom. The van der Waals surface area contributed by atoms with Crippen LogP contribution in [0.5, 0.6) is 0 Å². The van der Waals surface area contributed by atoms with Gasteiger partial charge in [0.25, 0.3) is 5.91 Å². The van der Waals surface area contributed by atoms with Crippen molar-refractivity contribution in [2.45, 2.75) is 59.0 Å². The number of carbonyl (C=O) groups is 2. The Hall–Kier alpha value is -3.02. The maximum Gasteiger partial charge on any atom is 0.337 e. The Balaban J connectivity index is 0.000000316. The summed E-state index contributed by atoms with van der Waals surface area (Å²) in [5.74, 6) is -0.0770. The molecule has 1 aromatic carbocycles. The number of methoxy groups -OCH3 is 1. The standard InChI is InChI=1S/C19H25FN2O.C9H12O2/c1-18(2,3)14-9-11-19(12-10-14)21-16(17(23)22(19)4)13-5-7-15(20)8-6-13;1-4-5-6-7-8(2)9(10)11-3/h5-8,14H,9-12H2,1-4H3;4-7H,2H2,1,3H3/b;5-4-,7-6-. The Morgan fingerprint density at radius 1 is 1.21 bits per heavy atom. The number of benzene rings is 1. The van der Waals surface area contributed by atoms with E-state index in [1.165, 1.54) is 19.2 Å². The SMILES string of the molecule is C=C(/C=C\C=C/C)C(=O)OC.CN1C(=O)C(c2ccc(F)cc2)=NC12CCC(C(C)(C)C)CC2. The highest BCUT2D eigenvalue weighted by Gasteiger charge is 2.48. The van der Waals surface area contributed by atoms with Crippen molar-refractivity contribution < 1.29 is 18.7 Å². The average molecular weight is 469 g/mol. The van der Waals surface area contributed by atoms with E-state index in [0.29, 0.717) is 28.2 Å². The van der Waals surface area contributed by atoms with Crippen LogP contribution in [0.1, 0.15) is 58.9 Å². The zero-order valence-electron chi connectivity index (χ0n) is 21.2. The fourth-order valence-electron chi connectivity index (χ4n) is 4.35. The minimum Gasteiger partial charge on any atom is -0.465 e. The third kappa shape index (κ3) is 6.52. The van der Waals surface area contributed by atoms with Crippen molar-refractivity contribution in [2.24, 2.45) is 16.3 Å². The van der Waals surface area contributed by atoms with E-state index >= 15 is 0 Å². The summed E-state index contributed by atoms with van der Waals surface area (Å²) in [5.41, 5.74) is 1.43. The van der Waals surface area contributed by atoms with E-state index in [9.17, 15) is 14.0 Å². The summed E-state index contributed by atoms with van der Waals surface area (Å²) >= 11 is 0. The van der Waals surface area contributed by atoms with Gasteiger partial charge in [0.1, 0.15) is 17.2 Å². The summed E-state index contributed by atoms with van der Waals surface area (Å²) < 4.78 is 17.5. The molecular weight excluding hydrogens is 431 g/mol. The minimum absolute atomic E-state index is 0.0502. The number of halogens is 1. The fraction of sp³-hybridized carbons (Fsp3) is 0.464. The number of amides is 1. The van der Waals surface area contributed by atoms with Crippen molar-refractivity contribution in [3.63, 3.8) is 0 Å². The molecule has 1 spiro atoms. The maximum absolute atomic E-state index is 13.1. The highest BCUT2D eigenvalue weighted by Crippen LogP contribution is 2.46. The van der Waals surface area contributed by atoms with Crippen LogP contribution in [0.4, 0.5) is 4.39 Å². The van der Waals surface area contributed by atoms with E-state index in [0.717, 1.165) is 25.7 Å². The molecule has 1 saturated carbocycles. The number of hydrogen-bond acceptors (Lipinski definition) is 4. The highest BCUT2D eigenvalue weighted by molar-refractivity contribution is 6.46. The van der Waals surface area contributed by atoms with Gasteiger partial charge in [-0.2, -0.15) is 0 Å². The molecule has 3 rings (SSSR count). The molecule has 5 nitrogen and oxygen atoms in total. The van der Waals surface area contributed by atoms with Crippen LogP contribution in [0.15, 0.2) is 65.7 Å². The molecule has 1 aliphatic heterocycles. The maximum atomic E-state index is 13.1. The van der Waals surface area contributed by atoms with Gasteiger partial charge >= 0.3 is 5.97 Å². The summed E-state index contributed by atoms with van der Waals surface area (Å²) in [5, 5.41) is 0. The first-order chi connectivity index (χ1) is 15.9. The van der Waals surface area contributed by atoms with Crippen LogP contribution in [-0.2, 0) is 14.3 Å². The number of rotatable bonds is 4. The quantitative estimate of drug-likeness (QED) is 0.316. The topological polar surface area (TPSA) is 59.0 Å². The first-order valence-electron chi connectivity index (χ1n) is 11.7. The Kier molecular flexibility index (Phi) is 9.14. The molecule has 0 saturated heterocycles. The van der Waals surface area contributed by atoms with Crippen LogP contribution in [0, 0.1) is 17.2 Å². The zero-order valence-corrected chi connectivity index (χ0v) is 21.2. The molecule has 1 aromatic rings. The van der Waals surface area contributed by atoms with Gasteiger partial charge in [-0.15, -0.1) is 0 Å². The molecule has 1 heterocycles. The van der Waals surface area contributed by atoms with Crippen LogP contribution in [0.25, 0.3) is 0 Å². The lowest BCUT2D eigenvalue weighted by molar-refractivity contribution is -0.135. The highest BCUT2D eigenvalue weighted by atomic mass is 19.1. The van der Waals surface area contributed by atoms with Gasteiger partial charge < -0.3 is 9.64 Å². The van der Waals surface area contributed by atoms with Crippen molar-refractivity contribution in [1.82, 2.24) is 4.90 Å². The predicted molar refractivity (Wildman–Crippen MR) is 135 cm³/mol. The smallest absolute Gasteiger partial charge is 0.337 e. The number of esters is 1. The number of ether oxygens (including phenoxy) is 1. The fourth-order valence-corrected chi connectivity index (χ4v) is 4.35. The molecule has 1 fully saturated rings. The molecule has 1 aliphatic carbocycles. The number of allylic oxidation sites excluding steroid dienone is 3. The first-order valence-corrected chi connectivity index (χ1v) is 11.7. The molecule has 0 unspecified atom stereocenters. The second-order valence-corrected chi connectivity index (χ2v) is 9.86. The van der Waals surface area contributed by atoms with Gasteiger partial charge in [-0.1, -0.05) is 45.6 Å². The lowest BCUT2D eigenvalue weighted by Gasteiger charge is -2.43. The summed E-state index contributed by atoms with van der Waals surface area (Å²) in [4.78, 5) is 30.0. The average Bonchev–Trinajstić information content (AvgIpc) is 3.04. The molecule has 34 heavy (non-hydrogen) atoms. The van der Waals surface area contributed by atoms with Gasteiger partial charge in [0.05, 0.1) is 12.7 Å². The third-order valence-electron chi connectivity index (χ3n) is 6.63. The van der Waals surface area contributed by atoms with Gasteiger partial charge in [0.2, 0.25) is 0 Å². The van der Waals surface area contributed by atoms with E-state index in [4.69, 9.17) is 4.99 Å². The van der Waals surface area contributed by atoms with E-state index < -0.39 is 11.6 Å². The Morgan fingerprint density at radius 3 is 2.29 bits per heavy atom. The van der Waals surface area contributed by atoms with Gasteiger partial charge in [-0.05, 0) is 74.3 Å². The van der Waals surface area contributed by atoms with Crippen molar-refractivity contribution in [3.05, 3.63) is 72.1 Å². The molecule has 1 amide bonds. The van der Waals surface area contributed by atoms with Crippen molar-refractivity contribution >= 4 is 17.6 Å². The summed E-state index contributed by atoms with van der Waals surface area (Å²) in [6.07, 6.45) is 11.0. The van der Waals surface area contributed by atoms with E-state index in [2.05, 4.69) is 32.1 Å². The first kappa shape index (κ1) is 27.2. The Bertz CT molecular complexity index is 976. The van der Waals surface area contributed by atoms with E-state index in [1.807, 2.05) is 26.1 Å². The molecular formula is C28H37FN2O3. The molecule has 184 valence electrons. The molecule has 0 aromatic heterocycles. The lowest BCUT2D eigenvalue weighted by Crippen LogP contribution is -2.47. The number of aliphatic imine (C=N–C) groups is 1. The number of carbonyl (C=O) groups excluding carboxylic acids is 2. The van der Waals surface area contributed by atoms with Crippen molar-refractivity contribution in [1.29, 1.82) is 0 Å². The van der Waals surface area contributed by atoms with Crippen molar-refractivity contribution in [3.8, 4) is 0 Å². The van der Waals surface area contributed by atoms with Crippen molar-refractivity contribution in [2.75, 3.05) is 14.2 Å². The summed E-state index contributed by atoms with van der Waals surface area (Å²) in [6, 6.07) is 6.04. The predicted octanol–water partition coefficient (Wildman–Crippen LogP) is 5.87. The number of nitrogens with zero attached hydrogens (tertiary/aromatic N) is 2. The van der Waals surface area contributed by atoms with Crippen LogP contribution in [0.3, 0.4) is 0 Å². The summed E-state index contributed by atoms with van der Waals surface area (Å²) in [6.45, 7) is 12.2. The van der Waals surface area contributed by atoms with E-state index in [1.54, 1.807) is 29.2 Å². The second kappa shape index (κ2) is 11.4. The molecule has 2 aliphatic rings. The largest absolute Gasteiger partial charge is 0.465 e. The Labute approximate surface area is 203 Å². The van der Waals surface area contributed by atoms with E-state index in [-0.39, 0.29) is 11.7 Å². The van der Waals surface area contributed by atoms with Gasteiger partial charge in [-0.3, -0.25) is 9.79 Å². The van der Waals surface area contributed by atoms with Gasteiger partial charge in [-0.25, -0.2) is 9.18 Å². The molecule has 0 atom stereocenters. The number of likely N-dealkylation sites (N-methyl/N-ethyl adjacent to an activating group) is 1. The third-order valence-corrected chi connectivity index (χ3v) is 6.63. The second-order valence-electron chi connectivity index (χ2n) is 9.86. The number of hydrogen-bond donors (Lipinski definition) is 0.